The standard InChI is InChI=1S/C27H23ClN2O6/c1-35-21-8-7-17(28)11-20(21)29-13-16(10-22(29)31)27(34)36-19-4-2-3-18(12-19)30-25(32)23-14-5-6-15(9-14)24(23)26(30)33/h2-8,11-12,14-16,23-24H,9-10,13H2,1H3/t14-,15-,16+,23-,24-/m0/s1. The highest BCUT2D eigenvalue weighted by Crippen LogP contribution is 2.53. The number of carbonyl (C=O) groups excluding carboxylic acids is 4. The summed E-state index contributed by atoms with van der Waals surface area (Å²) in [7, 11) is 1.50. The van der Waals surface area contributed by atoms with Crippen LogP contribution in [-0.4, -0.2) is 37.3 Å². The Morgan fingerprint density at radius 2 is 1.72 bits per heavy atom. The SMILES string of the molecule is COc1ccc(Cl)cc1N1C[C@H](C(=O)Oc2cccc(N3C(=O)[C@@H]4[C@@H](C3=O)[C@H]3C=C[C@H]4C3)c2)CC1=O. The lowest BCUT2D eigenvalue weighted by Crippen LogP contribution is -2.32. The van der Waals surface area contributed by atoms with Crippen LogP contribution in [0.5, 0.6) is 11.5 Å². The Kier molecular flexibility index (Phi) is 5.37. The average molecular weight is 507 g/mol. The van der Waals surface area contributed by atoms with E-state index in [0.29, 0.717) is 22.1 Å². The van der Waals surface area contributed by atoms with Gasteiger partial charge in [0, 0.05) is 24.1 Å². The van der Waals surface area contributed by atoms with Crippen molar-refractivity contribution in [1.82, 2.24) is 0 Å². The topological polar surface area (TPSA) is 93.2 Å². The minimum Gasteiger partial charge on any atom is -0.495 e. The van der Waals surface area contributed by atoms with E-state index in [1.54, 1.807) is 36.4 Å². The van der Waals surface area contributed by atoms with E-state index >= 15 is 0 Å². The van der Waals surface area contributed by atoms with E-state index in [0.717, 1.165) is 6.42 Å². The summed E-state index contributed by atoms with van der Waals surface area (Å²) in [6.45, 7) is 0.121. The van der Waals surface area contributed by atoms with Gasteiger partial charge in [0.1, 0.15) is 11.5 Å². The van der Waals surface area contributed by atoms with Gasteiger partial charge in [0.2, 0.25) is 17.7 Å². The van der Waals surface area contributed by atoms with Crippen LogP contribution in [0.4, 0.5) is 11.4 Å². The molecule has 2 aliphatic carbocycles. The average Bonchev–Trinajstić information content (AvgIpc) is 3.62. The van der Waals surface area contributed by atoms with Crippen molar-refractivity contribution >= 4 is 46.7 Å². The fourth-order valence-electron chi connectivity index (χ4n) is 6.01. The predicted molar refractivity (Wildman–Crippen MR) is 131 cm³/mol. The molecule has 0 unspecified atom stereocenters. The maximum atomic E-state index is 13.1. The van der Waals surface area contributed by atoms with Gasteiger partial charge in [0.05, 0.1) is 36.2 Å². The summed E-state index contributed by atoms with van der Waals surface area (Å²) in [5, 5.41) is 0.445. The van der Waals surface area contributed by atoms with E-state index in [9.17, 15) is 19.2 Å². The minimum atomic E-state index is -0.694. The Bertz CT molecular complexity index is 1310. The second-order valence-corrected chi connectivity index (χ2v) is 10.1. The number of benzene rings is 2. The maximum absolute atomic E-state index is 13.1. The number of hydrogen-bond donors (Lipinski definition) is 0. The smallest absolute Gasteiger partial charge is 0.316 e. The van der Waals surface area contributed by atoms with E-state index < -0.39 is 11.9 Å². The number of fused-ring (bicyclic) bond motifs is 5. The number of imide groups is 1. The largest absolute Gasteiger partial charge is 0.495 e. The summed E-state index contributed by atoms with van der Waals surface area (Å²) in [5.41, 5.74) is 0.879. The second-order valence-electron chi connectivity index (χ2n) is 9.65. The van der Waals surface area contributed by atoms with Gasteiger partial charge in [-0.05, 0) is 48.6 Å². The van der Waals surface area contributed by atoms with Crippen LogP contribution < -0.4 is 19.3 Å². The summed E-state index contributed by atoms with van der Waals surface area (Å²) in [4.78, 5) is 54.6. The highest BCUT2D eigenvalue weighted by Gasteiger charge is 2.59. The molecule has 2 bridgehead atoms. The number of rotatable bonds is 5. The molecule has 9 heteroatoms. The highest BCUT2D eigenvalue weighted by atomic mass is 35.5. The third-order valence-corrected chi connectivity index (χ3v) is 7.89. The molecular weight excluding hydrogens is 484 g/mol. The van der Waals surface area contributed by atoms with Crippen molar-refractivity contribution in [3.63, 3.8) is 0 Å². The van der Waals surface area contributed by atoms with Crippen molar-refractivity contribution in [3.8, 4) is 11.5 Å². The van der Waals surface area contributed by atoms with Crippen molar-refractivity contribution in [2.45, 2.75) is 12.8 Å². The molecule has 8 nitrogen and oxygen atoms in total. The quantitative estimate of drug-likeness (QED) is 0.266. The number of nitrogens with zero attached hydrogens (tertiary/aromatic N) is 2. The first-order valence-electron chi connectivity index (χ1n) is 11.9. The number of anilines is 2. The van der Waals surface area contributed by atoms with E-state index in [-0.39, 0.29) is 60.1 Å². The number of methoxy groups -OCH3 is 1. The lowest BCUT2D eigenvalue weighted by molar-refractivity contribution is -0.139. The van der Waals surface area contributed by atoms with E-state index in [2.05, 4.69) is 0 Å². The van der Waals surface area contributed by atoms with E-state index in [4.69, 9.17) is 21.1 Å². The van der Waals surface area contributed by atoms with Gasteiger partial charge in [0.25, 0.3) is 0 Å². The molecule has 36 heavy (non-hydrogen) atoms. The van der Waals surface area contributed by atoms with Crippen molar-refractivity contribution in [3.05, 3.63) is 59.6 Å². The molecule has 3 fully saturated rings. The van der Waals surface area contributed by atoms with Gasteiger partial charge >= 0.3 is 5.97 Å². The number of carbonyl (C=O) groups is 4. The first-order chi connectivity index (χ1) is 17.4. The highest BCUT2D eigenvalue weighted by molar-refractivity contribution is 6.31. The number of esters is 1. The van der Waals surface area contributed by atoms with Crippen LogP contribution in [0.15, 0.2) is 54.6 Å². The Morgan fingerprint density at radius 1 is 1.00 bits per heavy atom. The first kappa shape index (κ1) is 22.8. The van der Waals surface area contributed by atoms with Crippen LogP contribution in [0.3, 0.4) is 0 Å². The summed E-state index contributed by atoms with van der Waals surface area (Å²) < 4.78 is 10.9. The van der Waals surface area contributed by atoms with Gasteiger partial charge in [-0.2, -0.15) is 0 Å². The van der Waals surface area contributed by atoms with E-state index in [1.165, 1.54) is 23.0 Å². The molecule has 0 N–H and O–H groups in total. The van der Waals surface area contributed by atoms with Crippen molar-refractivity contribution in [2.24, 2.45) is 29.6 Å². The van der Waals surface area contributed by atoms with Crippen molar-refractivity contribution in [2.75, 3.05) is 23.5 Å². The van der Waals surface area contributed by atoms with Crippen LogP contribution in [-0.2, 0) is 19.2 Å². The van der Waals surface area contributed by atoms with Crippen LogP contribution in [0.2, 0.25) is 5.02 Å². The monoisotopic (exact) mass is 506 g/mol. The van der Waals surface area contributed by atoms with Crippen LogP contribution in [0.25, 0.3) is 0 Å². The zero-order chi connectivity index (χ0) is 25.1. The Morgan fingerprint density at radius 3 is 2.42 bits per heavy atom. The van der Waals surface area contributed by atoms with Gasteiger partial charge in [0.15, 0.2) is 0 Å². The summed E-state index contributed by atoms with van der Waals surface area (Å²) in [6, 6.07) is 11.4. The summed E-state index contributed by atoms with van der Waals surface area (Å²) >= 11 is 6.11. The molecule has 2 aromatic carbocycles. The number of allylic oxidation sites excluding steroid dienone is 2. The van der Waals surface area contributed by atoms with E-state index in [1.807, 2.05) is 12.2 Å². The van der Waals surface area contributed by atoms with Gasteiger partial charge in [-0.1, -0.05) is 29.8 Å². The van der Waals surface area contributed by atoms with Gasteiger partial charge < -0.3 is 14.4 Å². The molecule has 2 aromatic rings. The molecule has 0 spiro atoms. The number of ether oxygens (including phenoxy) is 2. The molecule has 2 aliphatic heterocycles. The molecule has 3 amide bonds. The summed E-state index contributed by atoms with van der Waals surface area (Å²) in [5.74, 6) is -1.60. The molecule has 1 saturated carbocycles. The Hall–Kier alpha value is -3.65. The van der Waals surface area contributed by atoms with Gasteiger partial charge in [-0.15, -0.1) is 0 Å². The molecule has 2 saturated heterocycles. The van der Waals surface area contributed by atoms with Crippen LogP contribution in [0, 0.1) is 29.6 Å². The molecule has 5 atom stereocenters. The van der Waals surface area contributed by atoms with Crippen molar-refractivity contribution in [1.29, 1.82) is 0 Å². The zero-order valence-corrected chi connectivity index (χ0v) is 20.2. The predicted octanol–water partition coefficient (Wildman–Crippen LogP) is 3.62. The van der Waals surface area contributed by atoms with Gasteiger partial charge in [-0.3, -0.25) is 19.2 Å². The summed E-state index contributed by atoms with van der Waals surface area (Å²) in [6.07, 6.45) is 4.93. The lowest BCUT2D eigenvalue weighted by Gasteiger charge is -2.20. The molecule has 2 heterocycles. The van der Waals surface area contributed by atoms with Crippen LogP contribution >= 0.6 is 11.6 Å². The minimum absolute atomic E-state index is 0.0174. The van der Waals surface area contributed by atoms with Crippen molar-refractivity contribution < 1.29 is 28.7 Å². The first-order valence-corrected chi connectivity index (χ1v) is 12.3. The third kappa shape index (κ3) is 3.51. The third-order valence-electron chi connectivity index (χ3n) is 7.65. The Labute approximate surface area is 212 Å². The molecule has 0 radical (unpaired) electrons. The second kappa shape index (κ2) is 8.48. The molecule has 4 aliphatic rings. The normalized spacial score (nSPS) is 28.3. The fourth-order valence-corrected chi connectivity index (χ4v) is 6.18. The number of hydrogen-bond acceptors (Lipinski definition) is 6. The van der Waals surface area contributed by atoms with Crippen LogP contribution in [0.1, 0.15) is 12.8 Å². The fraction of sp³-hybridized carbons (Fsp3) is 0.333. The zero-order valence-electron chi connectivity index (χ0n) is 19.4. The number of amides is 3. The van der Waals surface area contributed by atoms with Gasteiger partial charge in [-0.25, -0.2) is 4.90 Å². The number of halogens is 1. The molecule has 0 aromatic heterocycles. The lowest BCUT2D eigenvalue weighted by atomic mass is 9.85. The molecule has 6 rings (SSSR count). The molecular formula is C27H23ClN2O6. The maximum Gasteiger partial charge on any atom is 0.316 e. The Balaban J connectivity index is 1.18. The molecule has 184 valence electrons.